The number of halogens is 3. The highest BCUT2D eigenvalue weighted by molar-refractivity contribution is 9.11. The second-order valence-electron chi connectivity index (χ2n) is 3.92. The SMILES string of the molecule is COc1cc(Br)c(Oc2nc(Cl)nc3nc[nH]c23)cc1Br. The number of fused-ring (bicyclic) bond motifs is 1. The van der Waals surface area contributed by atoms with Gasteiger partial charge < -0.3 is 14.5 Å². The maximum absolute atomic E-state index is 5.87. The normalized spacial score (nSPS) is 10.9. The number of nitrogens with zero attached hydrogens (tertiary/aromatic N) is 3. The summed E-state index contributed by atoms with van der Waals surface area (Å²) in [7, 11) is 1.59. The second-order valence-corrected chi connectivity index (χ2v) is 5.96. The predicted molar refractivity (Wildman–Crippen MR) is 85.2 cm³/mol. The Kier molecular flexibility index (Phi) is 4.01. The van der Waals surface area contributed by atoms with Gasteiger partial charge in [0.15, 0.2) is 5.65 Å². The van der Waals surface area contributed by atoms with E-state index in [0.29, 0.717) is 33.0 Å². The van der Waals surface area contributed by atoms with Crippen LogP contribution in [0.25, 0.3) is 11.2 Å². The van der Waals surface area contributed by atoms with Gasteiger partial charge in [-0.3, -0.25) is 0 Å². The minimum atomic E-state index is 0.0632. The molecule has 0 fully saturated rings. The highest BCUT2D eigenvalue weighted by Crippen LogP contribution is 2.38. The van der Waals surface area contributed by atoms with Crippen molar-refractivity contribution in [2.45, 2.75) is 0 Å². The number of ether oxygens (including phenoxy) is 2. The molecule has 2 aromatic heterocycles. The summed E-state index contributed by atoms with van der Waals surface area (Å²) in [6, 6.07) is 3.55. The van der Waals surface area contributed by atoms with E-state index in [1.54, 1.807) is 19.2 Å². The Morgan fingerprint density at radius 2 is 1.86 bits per heavy atom. The van der Waals surface area contributed by atoms with E-state index >= 15 is 0 Å². The van der Waals surface area contributed by atoms with E-state index in [-0.39, 0.29) is 5.28 Å². The molecular formula is C12H7Br2ClN4O2. The maximum atomic E-state index is 5.87. The van der Waals surface area contributed by atoms with Gasteiger partial charge in [-0.2, -0.15) is 9.97 Å². The van der Waals surface area contributed by atoms with Gasteiger partial charge in [0.25, 0.3) is 0 Å². The molecule has 0 atom stereocenters. The zero-order valence-corrected chi connectivity index (χ0v) is 14.5. The average Bonchev–Trinajstić information content (AvgIpc) is 2.90. The van der Waals surface area contributed by atoms with Gasteiger partial charge in [0, 0.05) is 0 Å². The number of aromatic amines is 1. The van der Waals surface area contributed by atoms with E-state index in [1.807, 2.05) is 0 Å². The standard InChI is InChI=1S/C12H7Br2ClN4O2/c1-20-7-2-6(14)8(3-5(7)13)21-11-9-10(17-4-16-9)18-12(15)19-11/h2-4H,1H3,(H,16,17,18,19). The molecule has 108 valence electrons. The first-order chi connectivity index (χ1) is 10.1. The van der Waals surface area contributed by atoms with E-state index in [2.05, 4.69) is 51.8 Å². The summed E-state index contributed by atoms with van der Waals surface area (Å²) in [5.41, 5.74) is 1.01. The highest BCUT2D eigenvalue weighted by atomic mass is 79.9. The number of methoxy groups -OCH3 is 1. The third-order valence-corrected chi connectivity index (χ3v) is 4.05. The topological polar surface area (TPSA) is 72.9 Å². The molecule has 21 heavy (non-hydrogen) atoms. The number of hydrogen-bond donors (Lipinski definition) is 1. The van der Waals surface area contributed by atoms with Crippen LogP contribution in [-0.4, -0.2) is 27.0 Å². The first-order valence-corrected chi connectivity index (χ1v) is 7.62. The molecule has 0 bridgehead atoms. The summed E-state index contributed by atoms with van der Waals surface area (Å²) in [5, 5.41) is 0.0632. The number of benzene rings is 1. The largest absolute Gasteiger partial charge is 0.496 e. The van der Waals surface area contributed by atoms with Crippen LogP contribution in [0.2, 0.25) is 5.28 Å². The van der Waals surface area contributed by atoms with Crippen LogP contribution < -0.4 is 9.47 Å². The maximum Gasteiger partial charge on any atom is 0.250 e. The lowest BCUT2D eigenvalue weighted by Crippen LogP contribution is -1.94. The molecule has 0 saturated heterocycles. The zero-order valence-electron chi connectivity index (χ0n) is 10.5. The lowest BCUT2D eigenvalue weighted by atomic mass is 10.3. The van der Waals surface area contributed by atoms with Crippen molar-refractivity contribution in [1.29, 1.82) is 0 Å². The number of nitrogens with one attached hydrogen (secondary N) is 1. The van der Waals surface area contributed by atoms with Gasteiger partial charge in [-0.1, -0.05) is 0 Å². The van der Waals surface area contributed by atoms with Gasteiger partial charge in [-0.25, -0.2) is 4.98 Å². The summed E-state index contributed by atoms with van der Waals surface area (Å²) in [5.74, 6) is 1.52. The van der Waals surface area contributed by atoms with Crippen molar-refractivity contribution in [3.8, 4) is 17.4 Å². The Morgan fingerprint density at radius 3 is 2.62 bits per heavy atom. The average molecular weight is 434 g/mol. The van der Waals surface area contributed by atoms with Crippen molar-refractivity contribution < 1.29 is 9.47 Å². The molecule has 3 aromatic rings. The Hall–Kier alpha value is -1.38. The summed E-state index contributed by atoms with van der Waals surface area (Å²) < 4.78 is 12.5. The van der Waals surface area contributed by atoms with Gasteiger partial charge in [-0.15, -0.1) is 0 Å². The van der Waals surface area contributed by atoms with Crippen LogP contribution in [0.5, 0.6) is 17.4 Å². The molecule has 0 aliphatic heterocycles. The van der Waals surface area contributed by atoms with E-state index in [0.717, 1.165) is 4.47 Å². The number of rotatable bonds is 3. The van der Waals surface area contributed by atoms with Crippen LogP contribution in [-0.2, 0) is 0 Å². The zero-order chi connectivity index (χ0) is 15.0. The van der Waals surface area contributed by atoms with Crippen molar-refractivity contribution in [3.63, 3.8) is 0 Å². The summed E-state index contributed by atoms with van der Waals surface area (Å²) >= 11 is 12.7. The fraction of sp³-hybridized carbons (Fsp3) is 0.0833. The number of H-pyrrole nitrogens is 1. The van der Waals surface area contributed by atoms with Crippen LogP contribution in [0, 0.1) is 0 Å². The van der Waals surface area contributed by atoms with Crippen LogP contribution in [0.3, 0.4) is 0 Å². The first kappa shape index (κ1) is 14.6. The van der Waals surface area contributed by atoms with E-state index in [4.69, 9.17) is 21.1 Å². The van der Waals surface area contributed by atoms with E-state index in [1.165, 1.54) is 6.33 Å². The van der Waals surface area contributed by atoms with Crippen LogP contribution in [0.4, 0.5) is 0 Å². The third-order valence-electron chi connectivity index (χ3n) is 2.64. The summed E-state index contributed by atoms with van der Waals surface area (Å²) in [6.45, 7) is 0. The Bertz CT molecular complexity index is 824. The van der Waals surface area contributed by atoms with Crippen molar-refractivity contribution in [1.82, 2.24) is 19.9 Å². The van der Waals surface area contributed by atoms with Gasteiger partial charge in [0.1, 0.15) is 17.0 Å². The van der Waals surface area contributed by atoms with E-state index in [9.17, 15) is 0 Å². The monoisotopic (exact) mass is 432 g/mol. The Balaban J connectivity index is 2.06. The molecule has 0 unspecified atom stereocenters. The summed E-state index contributed by atoms with van der Waals surface area (Å²) in [6.07, 6.45) is 1.50. The molecule has 0 aliphatic carbocycles. The molecule has 0 aliphatic rings. The number of aromatic nitrogens is 4. The third kappa shape index (κ3) is 2.83. The lowest BCUT2D eigenvalue weighted by Gasteiger charge is -2.10. The minimum Gasteiger partial charge on any atom is -0.496 e. The molecule has 0 spiro atoms. The van der Waals surface area contributed by atoms with Crippen molar-refractivity contribution in [2.24, 2.45) is 0 Å². The lowest BCUT2D eigenvalue weighted by molar-refractivity contribution is 0.408. The first-order valence-electron chi connectivity index (χ1n) is 5.66. The van der Waals surface area contributed by atoms with Gasteiger partial charge >= 0.3 is 0 Å². The molecule has 6 nitrogen and oxygen atoms in total. The molecule has 9 heteroatoms. The minimum absolute atomic E-state index is 0.0632. The molecule has 0 saturated carbocycles. The quantitative estimate of drug-likeness (QED) is 0.621. The Labute approximate surface area is 141 Å². The van der Waals surface area contributed by atoms with Crippen LogP contribution in [0.1, 0.15) is 0 Å². The predicted octanol–water partition coefficient (Wildman–Crippen LogP) is 4.33. The molecule has 0 amide bonds. The Morgan fingerprint density at radius 1 is 1.14 bits per heavy atom. The molecule has 1 aromatic carbocycles. The van der Waals surface area contributed by atoms with Crippen LogP contribution in [0.15, 0.2) is 27.4 Å². The van der Waals surface area contributed by atoms with Crippen molar-refractivity contribution >= 4 is 54.6 Å². The molecule has 0 radical (unpaired) electrons. The van der Waals surface area contributed by atoms with Gasteiger partial charge in [0.05, 0.1) is 22.4 Å². The smallest absolute Gasteiger partial charge is 0.250 e. The van der Waals surface area contributed by atoms with Crippen molar-refractivity contribution in [2.75, 3.05) is 7.11 Å². The highest BCUT2D eigenvalue weighted by Gasteiger charge is 2.14. The van der Waals surface area contributed by atoms with Crippen molar-refractivity contribution in [3.05, 3.63) is 32.7 Å². The molecule has 2 heterocycles. The van der Waals surface area contributed by atoms with Gasteiger partial charge in [-0.05, 0) is 55.6 Å². The number of hydrogen-bond acceptors (Lipinski definition) is 5. The van der Waals surface area contributed by atoms with E-state index < -0.39 is 0 Å². The molecule has 1 N–H and O–H groups in total. The molecule has 3 rings (SSSR count). The fourth-order valence-corrected chi connectivity index (χ4v) is 2.75. The number of imidazole rings is 1. The fourth-order valence-electron chi connectivity index (χ4n) is 1.70. The van der Waals surface area contributed by atoms with Crippen LogP contribution >= 0.6 is 43.5 Å². The van der Waals surface area contributed by atoms with Gasteiger partial charge in [0.2, 0.25) is 11.2 Å². The second kappa shape index (κ2) is 5.78. The summed E-state index contributed by atoms with van der Waals surface area (Å²) in [4.78, 5) is 15.0. The molecular weight excluding hydrogens is 427 g/mol.